The zero-order chi connectivity index (χ0) is 9.26. The summed E-state index contributed by atoms with van der Waals surface area (Å²) in [5.41, 5.74) is 0. The van der Waals surface area contributed by atoms with Crippen LogP contribution in [0.5, 0.6) is 0 Å². The molecule has 0 saturated heterocycles. The number of aryl methyl sites for hydroxylation is 1. The van der Waals surface area contributed by atoms with E-state index >= 15 is 0 Å². The zero-order valence-electron chi connectivity index (χ0n) is 7.58. The highest BCUT2D eigenvalue weighted by molar-refractivity contribution is 8.00. The fourth-order valence-corrected chi connectivity index (χ4v) is 2.13. The van der Waals surface area contributed by atoms with E-state index < -0.39 is 0 Å². The molecule has 0 aromatic carbocycles. The first-order chi connectivity index (χ1) is 6.27. The minimum absolute atomic E-state index is 0.375. The third-order valence-corrected chi connectivity index (χ3v) is 3.38. The maximum atomic E-state index is 11.4. The topological polar surface area (TPSA) is 30.2 Å². The Morgan fingerprint density at radius 3 is 3.00 bits per heavy atom. The summed E-state index contributed by atoms with van der Waals surface area (Å²) in [5, 5.41) is 0. The van der Waals surface area contributed by atoms with E-state index in [2.05, 4.69) is 0 Å². The highest BCUT2D eigenvalue weighted by atomic mass is 32.2. The van der Waals surface area contributed by atoms with Crippen LogP contribution in [0, 0.1) is 12.8 Å². The Morgan fingerprint density at radius 2 is 2.46 bits per heavy atom. The lowest BCUT2D eigenvalue weighted by Crippen LogP contribution is -2.02. The molecule has 1 aromatic rings. The molecule has 0 bridgehead atoms. The van der Waals surface area contributed by atoms with Gasteiger partial charge >= 0.3 is 0 Å². The molecule has 1 saturated carbocycles. The zero-order valence-corrected chi connectivity index (χ0v) is 8.39. The quantitative estimate of drug-likeness (QED) is 0.693. The number of thioether (sulfide) groups is 1. The predicted octanol–water partition coefficient (Wildman–Crippen LogP) is 2.66. The van der Waals surface area contributed by atoms with Gasteiger partial charge in [0.1, 0.15) is 11.5 Å². The Labute approximate surface area is 81.7 Å². The minimum Gasteiger partial charge on any atom is -0.468 e. The number of hydrogen-bond donors (Lipinski definition) is 0. The number of carbonyl (C=O) groups excluding carboxylic acids is 1. The van der Waals surface area contributed by atoms with E-state index in [1.54, 1.807) is 18.0 Å². The number of Topliss-reactive ketones (excluding diaryl/α,β-unsaturated/α-hetero) is 1. The van der Waals surface area contributed by atoms with Crippen molar-refractivity contribution in [3.8, 4) is 0 Å². The van der Waals surface area contributed by atoms with Crippen molar-refractivity contribution in [2.24, 2.45) is 5.92 Å². The summed E-state index contributed by atoms with van der Waals surface area (Å²) < 4.78 is 5.14. The highest BCUT2D eigenvalue weighted by Gasteiger charge is 2.29. The summed E-state index contributed by atoms with van der Waals surface area (Å²) in [6.45, 7) is 1.92. The molecule has 0 amide bonds. The lowest BCUT2D eigenvalue weighted by Gasteiger charge is -1.97. The highest BCUT2D eigenvalue weighted by Crippen LogP contribution is 2.32. The average molecular weight is 196 g/mol. The standard InChI is InChI=1S/C10H12O2S/c1-7-10(4-5-12-7)13-6-9(11)8-2-3-8/h4-5,8H,2-3,6H2,1H3. The fourth-order valence-electron chi connectivity index (χ4n) is 1.20. The molecule has 70 valence electrons. The molecular formula is C10H12O2S. The summed E-state index contributed by atoms with van der Waals surface area (Å²) >= 11 is 1.59. The largest absolute Gasteiger partial charge is 0.468 e. The van der Waals surface area contributed by atoms with Gasteiger partial charge in [-0.3, -0.25) is 4.79 Å². The molecule has 2 nitrogen and oxygen atoms in total. The van der Waals surface area contributed by atoms with Crippen molar-refractivity contribution in [1.82, 2.24) is 0 Å². The Kier molecular flexibility index (Phi) is 2.44. The van der Waals surface area contributed by atoms with E-state index in [1.807, 2.05) is 13.0 Å². The molecule has 1 aliphatic rings. The van der Waals surface area contributed by atoms with Gasteiger partial charge in [0.25, 0.3) is 0 Å². The lowest BCUT2D eigenvalue weighted by atomic mass is 10.3. The predicted molar refractivity (Wildman–Crippen MR) is 51.9 cm³/mol. The number of hydrogen-bond acceptors (Lipinski definition) is 3. The summed E-state index contributed by atoms with van der Waals surface area (Å²) in [7, 11) is 0. The molecule has 1 heterocycles. The van der Waals surface area contributed by atoms with Crippen molar-refractivity contribution in [2.75, 3.05) is 5.75 Å². The summed E-state index contributed by atoms with van der Waals surface area (Å²) in [6.07, 6.45) is 3.87. The van der Waals surface area contributed by atoms with Gasteiger partial charge < -0.3 is 4.42 Å². The number of rotatable bonds is 4. The summed E-state index contributed by atoms with van der Waals surface area (Å²) in [4.78, 5) is 12.5. The van der Waals surface area contributed by atoms with Gasteiger partial charge in [-0.2, -0.15) is 0 Å². The minimum atomic E-state index is 0.375. The van der Waals surface area contributed by atoms with Crippen molar-refractivity contribution in [3.05, 3.63) is 18.1 Å². The molecule has 13 heavy (non-hydrogen) atoms. The molecule has 1 aliphatic carbocycles. The molecule has 0 atom stereocenters. The Balaban J connectivity index is 1.85. The van der Waals surface area contributed by atoms with Crippen molar-refractivity contribution in [1.29, 1.82) is 0 Å². The van der Waals surface area contributed by atoms with Crippen LogP contribution in [-0.4, -0.2) is 11.5 Å². The molecule has 1 fully saturated rings. The normalized spacial score (nSPS) is 16.1. The van der Waals surface area contributed by atoms with E-state index in [-0.39, 0.29) is 0 Å². The maximum absolute atomic E-state index is 11.4. The first kappa shape index (κ1) is 8.88. The van der Waals surface area contributed by atoms with Crippen molar-refractivity contribution in [2.45, 2.75) is 24.7 Å². The average Bonchev–Trinajstić information content (AvgIpc) is 2.88. The van der Waals surface area contributed by atoms with Crippen LogP contribution in [0.3, 0.4) is 0 Å². The van der Waals surface area contributed by atoms with Gasteiger partial charge in [-0.05, 0) is 25.8 Å². The number of carbonyl (C=O) groups is 1. The second kappa shape index (κ2) is 3.58. The van der Waals surface area contributed by atoms with Crippen molar-refractivity contribution in [3.63, 3.8) is 0 Å². The van der Waals surface area contributed by atoms with Crippen LogP contribution < -0.4 is 0 Å². The van der Waals surface area contributed by atoms with Gasteiger partial charge in [0.2, 0.25) is 0 Å². The maximum Gasteiger partial charge on any atom is 0.146 e. The number of ketones is 1. The molecule has 0 N–H and O–H groups in total. The SMILES string of the molecule is Cc1occc1SCC(=O)C1CC1. The lowest BCUT2D eigenvalue weighted by molar-refractivity contribution is -0.117. The second-order valence-corrected chi connectivity index (χ2v) is 4.39. The summed E-state index contributed by atoms with van der Waals surface area (Å²) in [6, 6.07) is 1.92. The van der Waals surface area contributed by atoms with Gasteiger partial charge in [-0.1, -0.05) is 0 Å². The number of furan rings is 1. The molecule has 0 spiro atoms. The van der Waals surface area contributed by atoms with Crippen LogP contribution in [0.4, 0.5) is 0 Å². The molecular weight excluding hydrogens is 184 g/mol. The van der Waals surface area contributed by atoms with Gasteiger partial charge in [-0.15, -0.1) is 11.8 Å². The molecule has 1 aromatic heterocycles. The monoisotopic (exact) mass is 196 g/mol. The van der Waals surface area contributed by atoms with Crippen LogP contribution in [0.25, 0.3) is 0 Å². The third-order valence-electron chi connectivity index (χ3n) is 2.21. The van der Waals surface area contributed by atoms with Crippen molar-refractivity contribution >= 4 is 17.5 Å². The second-order valence-electron chi connectivity index (χ2n) is 3.37. The third kappa shape index (κ3) is 2.15. The van der Waals surface area contributed by atoms with E-state index in [9.17, 15) is 4.79 Å². The molecule has 0 radical (unpaired) electrons. The van der Waals surface area contributed by atoms with Crippen LogP contribution in [0.1, 0.15) is 18.6 Å². The van der Waals surface area contributed by atoms with Crippen LogP contribution in [0.2, 0.25) is 0 Å². The Bertz CT molecular complexity index is 312. The van der Waals surface area contributed by atoms with E-state index in [0.717, 1.165) is 23.5 Å². The van der Waals surface area contributed by atoms with Crippen LogP contribution in [-0.2, 0) is 4.79 Å². The van der Waals surface area contributed by atoms with E-state index in [4.69, 9.17) is 4.42 Å². The summed E-state index contributed by atoms with van der Waals surface area (Å²) in [5.74, 6) is 2.28. The smallest absolute Gasteiger partial charge is 0.146 e. The first-order valence-corrected chi connectivity index (χ1v) is 5.45. The van der Waals surface area contributed by atoms with Gasteiger partial charge in [-0.25, -0.2) is 0 Å². The van der Waals surface area contributed by atoms with Crippen LogP contribution >= 0.6 is 11.8 Å². The molecule has 3 heteroatoms. The molecule has 2 rings (SSSR count). The van der Waals surface area contributed by atoms with Gasteiger partial charge in [0, 0.05) is 10.8 Å². The van der Waals surface area contributed by atoms with E-state index in [1.165, 1.54) is 0 Å². The molecule has 0 aliphatic heterocycles. The fraction of sp³-hybridized carbons (Fsp3) is 0.500. The van der Waals surface area contributed by atoms with Crippen molar-refractivity contribution < 1.29 is 9.21 Å². The Morgan fingerprint density at radius 1 is 1.69 bits per heavy atom. The molecule has 0 unspecified atom stereocenters. The van der Waals surface area contributed by atoms with Gasteiger partial charge in [0.05, 0.1) is 12.0 Å². The van der Waals surface area contributed by atoms with Crippen LogP contribution in [0.15, 0.2) is 21.6 Å². The Hall–Kier alpha value is -0.700. The van der Waals surface area contributed by atoms with Gasteiger partial charge in [0.15, 0.2) is 0 Å². The van der Waals surface area contributed by atoms with E-state index in [0.29, 0.717) is 17.5 Å². The first-order valence-electron chi connectivity index (χ1n) is 4.47.